The molecule has 0 aliphatic rings. The number of nitrogens with one attached hydrogen (secondary N) is 1. The van der Waals surface area contributed by atoms with Gasteiger partial charge in [0.25, 0.3) is 0 Å². The molecule has 0 amide bonds. The summed E-state index contributed by atoms with van der Waals surface area (Å²) in [6, 6.07) is 4.76. The average Bonchev–Trinajstić information content (AvgIpc) is 2.24. The summed E-state index contributed by atoms with van der Waals surface area (Å²) in [4.78, 5) is 4.24. The van der Waals surface area contributed by atoms with E-state index in [-0.39, 0.29) is 0 Å². The van der Waals surface area contributed by atoms with Crippen LogP contribution in [0.5, 0.6) is 0 Å². The van der Waals surface area contributed by atoms with Crippen molar-refractivity contribution in [2.24, 2.45) is 5.92 Å². The predicted molar refractivity (Wildman–Crippen MR) is 69.5 cm³/mol. The number of hydrogen-bond acceptors (Lipinski definition) is 2. The molecule has 0 saturated heterocycles. The number of aromatic nitrogens is 1. The summed E-state index contributed by atoms with van der Waals surface area (Å²) in [6.07, 6.45) is 5.70. The Morgan fingerprint density at radius 2 is 2.06 bits per heavy atom. The first-order chi connectivity index (χ1) is 7.63. The molecule has 1 N–H and O–H groups in total. The molecular formula is C14H24N2. The van der Waals surface area contributed by atoms with Crippen LogP contribution in [0.4, 0.5) is 0 Å². The SMILES string of the molecule is CNC(CCCC(C)C)c1ccnc(C)c1. The smallest absolute Gasteiger partial charge is 0.0375 e. The van der Waals surface area contributed by atoms with E-state index in [4.69, 9.17) is 0 Å². The van der Waals surface area contributed by atoms with E-state index in [9.17, 15) is 0 Å². The standard InChI is InChI=1S/C14H24N2/c1-11(2)6-5-7-14(15-4)13-8-9-16-12(3)10-13/h8-11,14-15H,5-7H2,1-4H3. The molecule has 1 atom stereocenters. The fraction of sp³-hybridized carbons (Fsp3) is 0.643. The first-order valence-electron chi connectivity index (χ1n) is 6.23. The third-order valence-electron chi connectivity index (χ3n) is 2.95. The van der Waals surface area contributed by atoms with Crippen molar-refractivity contribution < 1.29 is 0 Å². The lowest BCUT2D eigenvalue weighted by Crippen LogP contribution is -2.16. The Morgan fingerprint density at radius 1 is 1.31 bits per heavy atom. The van der Waals surface area contributed by atoms with E-state index in [1.807, 2.05) is 20.2 Å². The lowest BCUT2D eigenvalue weighted by atomic mass is 9.98. The van der Waals surface area contributed by atoms with Gasteiger partial charge in [-0.15, -0.1) is 0 Å². The predicted octanol–water partition coefficient (Wildman–Crippen LogP) is 3.48. The number of rotatable bonds is 6. The fourth-order valence-electron chi connectivity index (χ4n) is 1.99. The maximum absolute atomic E-state index is 4.24. The summed E-state index contributed by atoms with van der Waals surface area (Å²) >= 11 is 0. The van der Waals surface area contributed by atoms with Crippen molar-refractivity contribution in [3.05, 3.63) is 29.6 Å². The van der Waals surface area contributed by atoms with Crippen molar-refractivity contribution in [3.63, 3.8) is 0 Å². The lowest BCUT2D eigenvalue weighted by Gasteiger charge is -2.17. The molecule has 2 heteroatoms. The van der Waals surface area contributed by atoms with Gasteiger partial charge in [0, 0.05) is 17.9 Å². The minimum Gasteiger partial charge on any atom is -0.313 e. The molecule has 90 valence electrons. The van der Waals surface area contributed by atoms with Crippen LogP contribution in [-0.4, -0.2) is 12.0 Å². The molecule has 0 bridgehead atoms. The molecule has 0 fully saturated rings. The van der Waals surface area contributed by atoms with E-state index in [1.54, 1.807) is 0 Å². The van der Waals surface area contributed by atoms with Gasteiger partial charge in [-0.3, -0.25) is 4.98 Å². The highest BCUT2D eigenvalue weighted by molar-refractivity contribution is 5.19. The van der Waals surface area contributed by atoms with Gasteiger partial charge >= 0.3 is 0 Å². The van der Waals surface area contributed by atoms with Crippen molar-refractivity contribution in [1.82, 2.24) is 10.3 Å². The second kappa shape index (κ2) is 6.64. The van der Waals surface area contributed by atoms with Crippen LogP contribution in [0.1, 0.15) is 50.4 Å². The molecule has 1 rings (SSSR count). The molecular weight excluding hydrogens is 196 g/mol. The van der Waals surface area contributed by atoms with Crippen LogP contribution < -0.4 is 5.32 Å². The quantitative estimate of drug-likeness (QED) is 0.794. The van der Waals surface area contributed by atoms with Crippen LogP contribution in [0.2, 0.25) is 0 Å². The molecule has 1 aromatic heterocycles. The molecule has 16 heavy (non-hydrogen) atoms. The summed E-state index contributed by atoms with van der Waals surface area (Å²) in [5.74, 6) is 0.802. The minimum atomic E-state index is 0.473. The molecule has 0 radical (unpaired) electrons. The Kier molecular flexibility index (Phi) is 5.47. The van der Waals surface area contributed by atoms with Crippen molar-refractivity contribution >= 4 is 0 Å². The van der Waals surface area contributed by atoms with E-state index >= 15 is 0 Å². The van der Waals surface area contributed by atoms with Crippen molar-refractivity contribution in [3.8, 4) is 0 Å². The van der Waals surface area contributed by atoms with Crippen molar-refractivity contribution in [2.75, 3.05) is 7.05 Å². The summed E-state index contributed by atoms with van der Waals surface area (Å²) in [5.41, 5.74) is 2.46. The third-order valence-corrected chi connectivity index (χ3v) is 2.95. The van der Waals surface area contributed by atoms with Gasteiger partial charge < -0.3 is 5.32 Å². The van der Waals surface area contributed by atoms with E-state index < -0.39 is 0 Å². The molecule has 1 heterocycles. The molecule has 0 aromatic carbocycles. The van der Waals surface area contributed by atoms with Crippen molar-refractivity contribution in [2.45, 2.75) is 46.1 Å². The van der Waals surface area contributed by atoms with E-state index in [2.05, 4.69) is 36.3 Å². The first kappa shape index (κ1) is 13.2. The zero-order valence-corrected chi connectivity index (χ0v) is 11.0. The summed E-state index contributed by atoms with van der Waals surface area (Å²) in [6.45, 7) is 6.61. The highest BCUT2D eigenvalue weighted by atomic mass is 14.9. The summed E-state index contributed by atoms with van der Waals surface area (Å²) in [7, 11) is 2.04. The molecule has 1 aromatic rings. The van der Waals surface area contributed by atoms with Crippen LogP contribution in [0.25, 0.3) is 0 Å². The normalized spacial score (nSPS) is 13.1. The minimum absolute atomic E-state index is 0.473. The van der Waals surface area contributed by atoms with Crippen LogP contribution in [0.15, 0.2) is 18.3 Å². The Bertz CT molecular complexity index is 307. The van der Waals surface area contributed by atoms with E-state index in [0.717, 1.165) is 11.6 Å². The highest BCUT2D eigenvalue weighted by Crippen LogP contribution is 2.20. The second-order valence-corrected chi connectivity index (χ2v) is 4.90. The van der Waals surface area contributed by atoms with Gasteiger partial charge in [0.15, 0.2) is 0 Å². The topological polar surface area (TPSA) is 24.9 Å². The highest BCUT2D eigenvalue weighted by Gasteiger charge is 2.09. The fourth-order valence-corrected chi connectivity index (χ4v) is 1.99. The zero-order valence-electron chi connectivity index (χ0n) is 11.0. The number of hydrogen-bond donors (Lipinski definition) is 1. The molecule has 0 saturated carbocycles. The van der Waals surface area contributed by atoms with Crippen molar-refractivity contribution in [1.29, 1.82) is 0 Å². The molecule has 0 aliphatic heterocycles. The number of pyridine rings is 1. The molecule has 0 spiro atoms. The van der Waals surface area contributed by atoms with Gasteiger partial charge in [0.1, 0.15) is 0 Å². The van der Waals surface area contributed by atoms with Crippen LogP contribution in [-0.2, 0) is 0 Å². The van der Waals surface area contributed by atoms with E-state index in [0.29, 0.717) is 6.04 Å². The molecule has 2 nitrogen and oxygen atoms in total. The maximum atomic E-state index is 4.24. The van der Waals surface area contributed by atoms with Gasteiger partial charge in [0.2, 0.25) is 0 Å². The Morgan fingerprint density at radius 3 is 2.62 bits per heavy atom. The number of aryl methyl sites for hydroxylation is 1. The number of nitrogens with zero attached hydrogens (tertiary/aromatic N) is 1. The van der Waals surface area contributed by atoms with Gasteiger partial charge in [-0.1, -0.05) is 26.7 Å². The average molecular weight is 220 g/mol. The largest absolute Gasteiger partial charge is 0.313 e. The first-order valence-corrected chi connectivity index (χ1v) is 6.23. The maximum Gasteiger partial charge on any atom is 0.0375 e. The Balaban J connectivity index is 2.53. The monoisotopic (exact) mass is 220 g/mol. The summed E-state index contributed by atoms with van der Waals surface area (Å²) < 4.78 is 0. The zero-order chi connectivity index (χ0) is 12.0. The molecule has 1 unspecified atom stereocenters. The Labute approximate surface area is 99.5 Å². The van der Waals surface area contributed by atoms with E-state index in [1.165, 1.54) is 24.8 Å². The van der Waals surface area contributed by atoms with Gasteiger partial charge in [-0.25, -0.2) is 0 Å². The van der Waals surface area contributed by atoms with Crippen LogP contribution in [0.3, 0.4) is 0 Å². The second-order valence-electron chi connectivity index (χ2n) is 4.90. The van der Waals surface area contributed by atoms with Gasteiger partial charge in [-0.05, 0) is 44.0 Å². The van der Waals surface area contributed by atoms with Gasteiger partial charge in [0.05, 0.1) is 0 Å². The summed E-state index contributed by atoms with van der Waals surface area (Å²) in [5, 5.41) is 3.39. The van der Waals surface area contributed by atoms with Gasteiger partial charge in [-0.2, -0.15) is 0 Å². The Hall–Kier alpha value is -0.890. The molecule has 0 aliphatic carbocycles. The van der Waals surface area contributed by atoms with Crippen LogP contribution in [0, 0.1) is 12.8 Å². The lowest BCUT2D eigenvalue weighted by molar-refractivity contribution is 0.470. The third kappa shape index (κ3) is 4.31. The van der Waals surface area contributed by atoms with Crippen LogP contribution >= 0.6 is 0 Å².